The summed E-state index contributed by atoms with van der Waals surface area (Å²) >= 11 is 0. The Hall–Kier alpha value is -1.49. The normalized spacial score (nSPS) is 15.1. The highest BCUT2D eigenvalue weighted by Gasteiger charge is 2.15. The van der Waals surface area contributed by atoms with Gasteiger partial charge in [-0.1, -0.05) is 6.58 Å². The molecular formula is C14H22O5. The summed E-state index contributed by atoms with van der Waals surface area (Å²) in [5, 5.41) is 0. The second-order valence-corrected chi connectivity index (χ2v) is 4.60. The molecule has 0 fully saturated rings. The average molecular weight is 270 g/mol. The van der Waals surface area contributed by atoms with Crippen LogP contribution >= 0.6 is 0 Å². The Morgan fingerprint density at radius 3 is 2.26 bits per heavy atom. The van der Waals surface area contributed by atoms with E-state index in [0.29, 0.717) is 31.0 Å². The second-order valence-electron chi connectivity index (χ2n) is 4.60. The third-order valence-corrected chi connectivity index (χ3v) is 2.52. The van der Waals surface area contributed by atoms with Crippen LogP contribution in [0.2, 0.25) is 0 Å². The number of aldehydes is 2. The first-order valence-electron chi connectivity index (χ1n) is 6.31. The fourth-order valence-electron chi connectivity index (χ4n) is 1.42. The highest BCUT2D eigenvalue weighted by atomic mass is 16.5. The largest absolute Gasteiger partial charge is 0.459 e. The molecule has 0 spiro atoms. The van der Waals surface area contributed by atoms with Crippen LogP contribution in [0, 0.1) is 0 Å². The lowest BCUT2D eigenvalue weighted by Gasteiger charge is -2.19. The molecule has 0 aromatic carbocycles. The van der Waals surface area contributed by atoms with Crippen molar-refractivity contribution in [3.05, 3.63) is 12.2 Å². The first-order chi connectivity index (χ1) is 8.90. The van der Waals surface area contributed by atoms with Gasteiger partial charge in [-0.3, -0.25) is 0 Å². The molecular weight excluding hydrogens is 248 g/mol. The van der Waals surface area contributed by atoms with E-state index in [1.807, 2.05) is 6.92 Å². The number of rotatable bonds is 10. The highest BCUT2D eigenvalue weighted by Crippen LogP contribution is 2.11. The van der Waals surface area contributed by atoms with Gasteiger partial charge in [-0.15, -0.1) is 0 Å². The van der Waals surface area contributed by atoms with Crippen LogP contribution in [0.1, 0.15) is 40.0 Å². The summed E-state index contributed by atoms with van der Waals surface area (Å²) in [4.78, 5) is 32.2. The van der Waals surface area contributed by atoms with Gasteiger partial charge in [0.25, 0.3) is 0 Å². The van der Waals surface area contributed by atoms with Crippen molar-refractivity contribution in [3.63, 3.8) is 0 Å². The molecule has 5 nitrogen and oxygen atoms in total. The molecule has 108 valence electrons. The summed E-state index contributed by atoms with van der Waals surface area (Å²) in [5.74, 6) is -0.409. The van der Waals surface area contributed by atoms with Crippen LogP contribution in [0.25, 0.3) is 0 Å². The lowest BCUT2D eigenvalue weighted by molar-refractivity contribution is -0.144. The van der Waals surface area contributed by atoms with Gasteiger partial charge in [0, 0.05) is 12.0 Å². The van der Waals surface area contributed by atoms with Crippen LogP contribution in [0.15, 0.2) is 12.2 Å². The van der Waals surface area contributed by atoms with Crippen LogP contribution in [-0.2, 0) is 23.9 Å². The minimum Gasteiger partial charge on any atom is -0.459 e. The van der Waals surface area contributed by atoms with Gasteiger partial charge in [0.1, 0.15) is 18.7 Å². The number of carbonyl (C=O) groups is 3. The van der Waals surface area contributed by atoms with E-state index >= 15 is 0 Å². The number of carbonyl (C=O) groups excluding carboxylic acids is 3. The van der Waals surface area contributed by atoms with Crippen LogP contribution in [0.4, 0.5) is 0 Å². The van der Waals surface area contributed by atoms with Crippen LogP contribution in [-0.4, -0.2) is 36.9 Å². The van der Waals surface area contributed by atoms with Gasteiger partial charge in [-0.25, -0.2) is 4.79 Å². The van der Waals surface area contributed by atoms with Gasteiger partial charge in [0.2, 0.25) is 0 Å². The summed E-state index contributed by atoms with van der Waals surface area (Å²) in [6, 6.07) is 0. The van der Waals surface area contributed by atoms with Crippen molar-refractivity contribution < 1.29 is 23.9 Å². The Morgan fingerprint density at radius 1 is 1.21 bits per heavy atom. The first-order valence-corrected chi connectivity index (χ1v) is 6.31. The molecule has 3 unspecified atom stereocenters. The van der Waals surface area contributed by atoms with Crippen molar-refractivity contribution in [3.8, 4) is 0 Å². The molecule has 0 heterocycles. The molecule has 0 aliphatic rings. The van der Waals surface area contributed by atoms with Crippen molar-refractivity contribution in [2.75, 3.05) is 0 Å². The second kappa shape index (κ2) is 9.44. The summed E-state index contributed by atoms with van der Waals surface area (Å²) < 4.78 is 10.5. The average Bonchev–Trinajstić information content (AvgIpc) is 2.35. The molecule has 0 saturated carbocycles. The minimum absolute atomic E-state index is 0.0635. The van der Waals surface area contributed by atoms with Crippen molar-refractivity contribution in [2.24, 2.45) is 0 Å². The van der Waals surface area contributed by atoms with Gasteiger partial charge < -0.3 is 19.1 Å². The molecule has 0 N–H and O–H groups in total. The van der Waals surface area contributed by atoms with Crippen molar-refractivity contribution in [1.29, 1.82) is 0 Å². The van der Waals surface area contributed by atoms with E-state index < -0.39 is 12.1 Å². The Bertz CT molecular complexity index is 324. The number of ether oxygens (including phenoxy) is 2. The molecule has 0 aliphatic heterocycles. The Labute approximate surface area is 114 Å². The number of esters is 1. The number of hydrogen-bond acceptors (Lipinski definition) is 5. The summed E-state index contributed by atoms with van der Waals surface area (Å²) in [5.41, 5.74) is 0.364. The van der Waals surface area contributed by atoms with E-state index in [9.17, 15) is 14.4 Å². The molecule has 3 atom stereocenters. The van der Waals surface area contributed by atoms with Crippen LogP contribution in [0.3, 0.4) is 0 Å². The molecule has 0 radical (unpaired) electrons. The molecule has 0 amide bonds. The topological polar surface area (TPSA) is 69.7 Å². The molecule has 0 aromatic rings. The minimum atomic E-state index is -0.694. The third-order valence-electron chi connectivity index (χ3n) is 2.52. The molecule has 0 saturated heterocycles. The molecule has 0 bridgehead atoms. The van der Waals surface area contributed by atoms with Crippen LogP contribution < -0.4 is 0 Å². The maximum Gasteiger partial charge on any atom is 0.333 e. The predicted molar refractivity (Wildman–Crippen MR) is 70.7 cm³/mol. The Balaban J connectivity index is 3.97. The van der Waals surface area contributed by atoms with Crippen molar-refractivity contribution in [1.82, 2.24) is 0 Å². The van der Waals surface area contributed by atoms with Crippen molar-refractivity contribution >= 4 is 18.5 Å². The smallest absolute Gasteiger partial charge is 0.333 e. The van der Waals surface area contributed by atoms with Gasteiger partial charge in [0.05, 0.1) is 12.2 Å². The molecule has 0 aromatic heterocycles. The van der Waals surface area contributed by atoms with E-state index in [4.69, 9.17) is 9.47 Å². The van der Waals surface area contributed by atoms with E-state index in [1.165, 1.54) is 0 Å². The van der Waals surface area contributed by atoms with E-state index in [0.717, 1.165) is 0 Å². The molecule has 0 aliphatic carbocycles. The maximum atomic E-state index is 11.3. The third kappa shape index (κ3) is 8.26. The Kier molecular flexibility index (Phi) is 8.70. The molecule has 0 rings (SSSR count). The zero-order chi connectivity index (χ0) is 14.8. The van der Waals surface area contributed by atoms with Crippen molar-refractivity contribution in [2.45, 2.75) is 58.3 Å². The van der Waals surface area contributed by atoms with Gasteiger partial charge in [-0.2, -0.15) is 0 Å². The van der Waals surface area contributed by atoms with Gasteiger partial charge >= 0.3 is 5.97 Å². The first kappa shape index (κ1) is 17.5. The zero-order valence-electron chi connectivity index (χ0n) is 11.8. The van der Waals surface area contributed by atoms with E-state index in [1.54, 1.807) is 13.8 Å². The lowest BCUT2D eigenvalue weighted by atomic mass is 10.1. The summed E-state index contributed by atoms with van der Waals surface area (Å²) in [6.07, 6.45) is 1.48. The zero-order valence-corrected chi connectivity index (χ0v) is 11.8. The van der Waals surface area contributed by atoms with Gasteiger partial charge in [0.15, 0.2) is 0 Å². The lowest BCUT2D eigenvalue weighted by Crippen LogP contribution is -2.23. The standard InChI is InChI=1S/C14H22O5/c1-10(2)14(17)19-12(4)6-5-11(3)18-13(9-16)7-8-15/h8-9,11-13H,1,5-7H2,2-4H3. The molecule has 19 heavy (non-hydrogen) atoms. The monoisotopic (exact) mass is 270 g/mol. The fraction of sp³-hybridized carbons (Fsp3) is 0.643. The fourth-order valence-corrected chi connectivity index (χ4v) is 1.42. The number of hydrogen-bond donors (Lipinski definition) is 0. The molecule has 5 heteroatoms. The van der Waals surface area contributed by atoms with Gasteiger partial charge in [-0.05, 0) is 33.6 Å². The summed E-state index contributed by atoms with van der Waals surface area (Å²) in [6.45, 7) is 8.70. The predicted octanol–water partition coefficient (Wildman–Crippen LogP) is 1.84. The summed E-state index contributed by atoms with van der Waals surface area (Å²) in [7, 11) is 0. The maximum absolute atomic E-state index is 11.3. The quantitative estimate of drug-likeness (QED) is 0.344. The SMILES string of the molecule is C=C(C)C(=O)OC(C)CCC(C)OC(C=O)CC=O. The van der Waals surface area contributed by atoms with Crippen LogP contribution in [0.5, 0.6) is 0 Å². The van der Waals surface area contributed by atoms with E-state index in [-0.39, 0.29) is 18.6 Å². The Morgan fingerprint density at radius 2 is 1.79 bits per heavy atom. The highest BCUT2D eigenvalue weighted by molar-refractivity contribution is 5.87. The van der Waals surface area contributed by atoms with E-state index in [2.05, 4.69) is 6.58 Å².